The van der Waals surface area contributed by atoms with Crippen molar-refractivity contribution in [3.8, 4) is 0 Å². The Balaban J connectivity index is 0.000000332. The van der Waals surface area contributed by atoms with Crippen LogP contribution in [0.5, 0.6) is 0 Å². The molecule has 0 spiro atoms. The molecule has 0 saturated heterocycles. The van der Waals surface area contributed by atoms with Gasteiger partial charge in [-0.15, -0.1) is 23.5 Å². The summed E-state index contributed by atoms with van der Waals surface area (Å²) in [6.45, 7) is 4.32. The van der Waals surface area contributed by atoms with E-state index in [-0.39, 0.29) is 45.8 Å². The van der Waals surface area contributed by atoms with Gasteiger partial charge in [-0.2, -0.15) is 0 Å². The number of ether oxygens (including phenoxy) is 3. The van der Waals surface area contributed by atoms with Crippen molar-refractivity contribution in [1.29, 1.82) is 0 Å². The van der Waals surface area contributed by atoms with Gasteiger partial charge in [0, 0.05) is 30.7 Å². The highest BCUT2D eigenvalue weighted by Gasteiger charge is 2.31. The molecule has 1 N–H and O–H groups in total. The van der Waals surface area contributed by atoms with E-state index in [0.717, 1.165) is 17.0 Å². The van der Waals surface area contributed by atoms with Gasteiger partial charge in [0.05, 0.1) is 13.2 Å². The Morgan fingerprint density at radius 3 is 1.54 bits per heavy atom. The van der Waals surface area contributed by atoms with Crippen molar-refractivity contribution < 1.29 is 19.3 Å². The normalized spacial score (nSPS) is 22.3. The molecule has 2 aromatic carbocycles. The van der Waals surface area contributed by atoms with E-state index in [2.05, 4.69) is 52.6 Å². The van der Waals surface area contributed by atoms with E-state index in [9.17, 15) is 5.11 Å². The van der Waals surface area contributed by atoms with Crippen LogP contribution in [0.3, 0.4) is 0 Å². The molecular formula is C27H40N2O4S2. The summed E-state index contributed by atoms with van der Waals surface area (Å²) in [4.78, 5) is 11.2. The Hall–Kier alpha value is -2.00. The first-order valence-corrected chi connectivity index (χ1v) is 13.2. The third-order valence-electron chi connectivity index (χ3n) is 5.40. The minimum atomic E-state index is -0.167. The summed E-state index contributed by atoms with van der Waals surface area (Å²) >= 11 is 3.45. The molecule has 2 aliphatic rings. The van der Waals surface area contributed by atoms with E-state index in [1.807, 2.05) is 32.2 Å². The zero-order valence-electron chi connectivity index (χ0n) is 19.7. The van der Waals surface area contributed by atoms with E-state index < -0.39 is 0 Å². The molecule has 35 heavy (non-hydrogen) atoms. The van der Waals surface area contributed by atoms with Gasteiger partial charge >= 0.3 is 0 Å². The second-order valence-corrected chi connectivity index (χ2v) is 9.45. The van der Waals surface area contributed by atoms with Crippen LogP contribution >= 0.6 is 23.5 Å². The van der Waals surface area contributed by atoms with Crippen LogP contribution in [0.1, 0.15) is 52.0 Å². The summed E-state index contributed by atoms with van der Waals surface area (Å²) in [6, 6.07) is 16.5. The van der Waals surface area contributed by atoms with Crippen molar-refractivity contribution in [3.63, 3.8) is 0 Å². The van der Waals surface area contributed by atoms with Crippen LogP contribution < -0.4 is 0 Å². The second-order valence-electron chi connectivity index (χ2n) is 7.69. The van der Waals surface area contributed by atoms with Gasteiger partial charge in [0.1, 0.15) is 24.3 Å². The Bertz CT molecular complexity index is 949. The number of nitrogens with zero attached hydrogens (tertiary/aromatic N) is 2. The summed E-state index contributed by atoms with van der Waals surface area (Å²) in [5, 5.41) is 9.23. The molecule has 2 heterocycles. The standard InChI is InChI=1S/C13H17NO2S.C12H15NO2S.2CH4/c1-9-14-12(8-15-2)13(16-9)10-4-6-11(17-3)7-5-10;1-8-13-11(7-14)12(15-8)9-3-5-10(16-2)6-4-9;;/h4-7,12-13H,8H2,1-3H3;3-6,11-12,14H,7H2,1-2H3;2*1H4/t12-,13-;11-,12-;;/m00../s1. The van der Waals surface area contributed by atoms with Gasteiger partial charge in [-0.1, -0.05) is 39.1 Å². The highest BCUT2D eigenvalue weighted by molar-refractivity contribution is 7.98. The topological polar surface area (TPSA) is 72.6 Å². The molecule has 8 heteroatoms. The molecule has 0 unspecified atom stereocenters. The predicted molar refractivity (Wildman–Crippen MR) is 150 cm³/mol. The molecule has 194 valence electrons. The summed E-state index contributed by atoms with van der Waals surface area (Å²) in [7, 11) is 1.69. The van der Waals surface area contributed by atoms with Crippen molar-refractivity contribution in [1.82, 2.24) is 0 Å². The molecule has 0 fully saturated rings. The van der Waals surface area contributed by atoms with E-state index in [1.54, 1.807) is 30.6 Å². The van der Waals surface area contributed by atoms with E-state index in [4.69, 9.17) is 14.2 Å². The monoisotopic (exact) mass is 520 g/mol. The lowest BCUT2D eigenvalue weighted by atomic mass is 10.0. The SMILES string of the molecule is C.C.COC[C@@H]1N=C(C)O[C@H]1c1ccc(SC)cc1.CSc1ccc([C@@H]2OC(C)=N[C@H]2CO)cc1. The van der Waals surface area contributed by atoms with Gasteiger partial charge in [-0.3, -0.25) is 0 Å². The molecule has 0 bridgehead atoms. The molecule has 4 rings (SSSR count). The minimum Gasteiger partial charge on any atom is -0.471 e. The molecule has 2 aromatic rings. The maximum Gasteiger partial charge on any atom is 0.181 e. The van der Waals surface area contributed by atoms with Gasteiger partial charge in [-0.25, -0.2) is 9.98 Å². The number of thioether (sulfide) groups is 2. The number of hydrogen-bond donors (Lipinski definition) is 1. The van der Waals surface area contributed by atoms with Crippen LogP contribution in [0, 0.1) is 0 Å². The molecular weight excluding hydrogens is 480 g/mol. The number of methoxy groups -OCH3 is 1. The number of aliphatic imine (C=N–C) groups is 2. The lowest BCUT2D eigenvalue weighted by Crippen LogP contribution is -2.19. The number of aliphatic hydroxyl groups is 1. The van der Waals surface area contributed by atoms with Gasteiger partial charge in [0.25, 0.3) is 0 Å². The molecule has 4 atom stereocenters. The quantitative estimate of drug-likeness (QED) is 0.423. The van der Waals surface area contributed by atoms with Gasteiger partial charge in [0.15, 0.2) is 11.8 Å². The lowest BCUT2D eigenvalue weighted by molar-refractivity contribution is 0.119. The summed E-state index contributed by atoms with van der Waals surface area (Å²) in [5.41, 5.74) is 2.22. The minimum absolute atomic E-state index is 0. The van der Waals surface area contributed by atoms with Gasteiger partial charge < -0.3 is 19.3 Å². The van der Waals surface area contributed by atoms with Crippen LogP contribution in [-0.2, 0) is 14.2 Å². The fourth-order valence-electron chi connectivity index (χ4n) is 3.79. The maximum atomic E-state index is 9.23. The highest BCUT2D eigenvalue weighted by atomic mass is 32.2. The first-order valence-electron chi connectivity index (χ1n) is 10.8. The predicted octanol–water partition coefficient (Wildman–Crippen LogP) is 6.44. The molecule has 0 saturated carbocycles. The number of hydrogen-bond acceptors (Lipinski definition) is 8. The first-order chi connectivity index (χ1) is 16.0. The summed E-state index contributed by atoms with van der Waals surface area (Å²) in [5.74, 6) is 1.39. The molecule has 2 aliphatic heterocycles. The molecule has 0 radical (unpaired) electrons. The van der Waals surface area contributed by atoms with Crippen molar-refractivity contribution >= 4 is 35.3 Å². The Morgan fingerprint density at radius 2 is 1.17 bits per heavy atom. The molecule has 0 aromatic heterocycles. The third kappa shape index (κ3) is 8.27. The Morgan fingerprint density at radius 1 is 0.771 bits per heavy atom. The molecule has 6 nitrogen and oxygen atoms in total. The third-order valence-corrected chi connectivity index (χ3v) is 6.89. The van der Waals surface area contributed by atoms with E-state index in [1.165, 1.54) is 9.79 Å². The fraction of sp³-hybridized carbons (Fsp3) is 0.481. The van der Waals surface area contributed by atoms with Crippen molar-refractivity contribution in [2.75, 3.05) is 32.8 Å². The van der Waals surface area contributed by atoms with Gasteiger partial charge in [-0.05, 0) is 47.9 Å². The van der Waals surface area contributed by atoms with Crippen LogP contribution in [0.2, 0.25) is 0 Å². The average molecular weight is 521 g/mol. The zero-order chi connectivity index (χ0) is 23.8. The number of rotatable bonds is 7. The van der Waals surface area contributed by atoms with Gasteiger partial charge in [0.2, 0.25) is 0 Å². The van der Waals surface area contributed by atoms with Crippen molar-refractivity contribution in [2.24, 2.45) is 9.98 Å². The van der Waals surface area contributed by atoms with Crippen LogP contribution in [-0.4, -0.2) is 61.8 Å². The van der Waals surface area contributed by atoms with E-state index >= 15 is 0 Å². The zero-order valence-corrected chi connectivity index (χ0v) is 21.4. The van der Waals surface area contributed by atoms with Crippen molar-refractivity contribution in [3.05, 3.63) is 59.7 Å². The first kappa shape index (κ1) is 31.0. The Kier molecular flexibility index (Phi) is 13.5. The number of benzene rings is 2. The summed E-state index contributed by atoms with van der Waals surface area (Å²) < 4.78 is 16.5. The second kappa shape index (κ2) is 15.2. The molecule has 0 aliphatic carbocycles. The fourth-order valence-corrected chi connectivity index (χ4v) is 4.60. The van der Waals surface area contributed by atoms with Crippen LogP contribution in [0.15, 0.2) is 68.3 Å². The van der Waals surface area contributed by atoms with Crippen LogP contribution in [0.25, 0.3) is 0 Å². The number of aliphatic hydroxyl groups excluding tert-OH is 1. The van der Waals surface area contributed by atoms with Crippen molar-refractivity contribution in [2.45, 2.75) is 62.8 Å². The highest BCUT2D eigenvalue weighted by Crippen LogP contribution is 2.31. The lowest BCUT2D eigenvalue weighted by Gasteiger charge is -2.17. The van der Waals surface area contributed by atoms with E-state index in [0.29, 0.717) is 12.5 Å². The smallest absolute Gasteiger partial charge is 0.181 e. The summed E-state index contributed by atoms with van der Waals surface area (Å²) in [6.07, 6.45) is 3.97. The average Bonchev–Trinajstić information content (AvgIpc) is 3.41. The molecule has 0 amide bonds. The maximum absolute atomic E-state index is 9.23. The largest absolute Gasteiger partial charge is 0.471 e. The van der Waals surface area contributed by atoms with Crippen LogP contribution in [0.4, 0.5) is 0 Å². The Labute approximate surface area is 219 Å².